The molecule has 0 aromatic heterocycles. The molecule has 0 bridgehead atoms. The largest absolute Gasteiger partial charge is 0.348 e. The highest BCUT2D eigenvalue weighted by molar-refractivity contribution is 6.55. The van der Waals surface area contributed by atoms with Gasteiger partial charge in [-0.15, -0.1) is 0 Å². The molecular weight excluding hydrogens is 277 g/mol. The van der Waals surface area contributed by atoms with E-state index in [0.717, 1.165) is 0 Å². The number of ketones is 1. The van der Waals surface area contributed by atoms with Crippen LogP contribution in [0.2, 0.25) is 0 Å². The Morgan fingerprint density at radius 3 is 2.50 bits per heavy atom. The summed E-state index contributed by atoms with van der Waals surface area (Å²) < 4.78 is 11.4. The lowest BCUT2D eigenvalue weighted by Gasteiger charge is -2.26. The first-order valence-corrected chi connectivity index (χ1v) is 6.49. The maximum absolute atomic E-state index is 11.5. The van der Waals surface area contributed by atoms with Crippen molar-refractivity contribution < 1.29 is 14.3 Å². The van der Waals surface area contributed by atoms with Crippen molar-refractivity contribution >= 4 is 29.0 Å². The van der Waals surface area contributed by atoms with Crippen molar-refractivity contribution in [2.24, 2.45) is 5.73 Å². The van der Waals surface area contributed by atoms with Crippen LogP contribution in [0.1, 0.15) is 20.3 Å². The van der Waals surface area contributed by atoms with Gasteiger partial charge >= 0.3 is 0 Å². The molecule has 1 heterocycles. The predicted molar refractivity (Wildman–Crippen MR) is 69.3 cm³/mol. The van der Waals surface area contributed by atoms with Crippen molar-refractivity contribution in [3.05, 3.63) is 22.2 Å². The van der Waals surface area contributed by atoms with E-state index in [1.165, 1.54) is 0 Å². The van der Waals surface area contributed by atoms with E-state index in [4.69, 9.17) is 38.4 Å². The van der Waals surface area contributed by atoms with Gasteiger partial charge in [-0.25, -0.2) is 0 Å². The molecule has 0 aromatic rings. The fourth-order valence-corrected chi connectivity index (χ4v) is 2.74. The molecule has 0 amide bonds. The molecule has 1 aliphatic carbocycles. The Labute approximate surface area is 116 Å². The second-order valence-corrected chi connectivity index (χ2v) is 5.62. The quantitative estimate of drug-likeness (QED) is 0.846. The van der Waals surface area contributed by atoms with E-state index in [2.05, 4.69) is 0 Å². The summed E-state index contributed by atoms with van der Waals surface area (Å²) in [6.07, 6.45) is 3.04. The van der Waals surface area contributed by atoms with Crippen LogP contribution in [0.5, 0.6) is 0 Å². The fraction of sp³-hybridized carbons (Fsp3) is 0.583. The van der Waals surface area contributed by atoms with Gasteiger partial charge in [0.05, 0.1) is 22.2 Å². The number of nitrogens with two attached hydrogens (primary N) is 1. The molecule has 1 aliphatic heterocycles. The Kier molecular flexibility index (Phi) is 3.85. The topological polar surface area (TPSA) is 61.5 Å². The van der Waals surface area contributed by atoms with Gasteiger partial charge in [0.2, 0.25) is 5.78 Å². The average Bonchev–Trinajstić information content (AvgIpc) is 2.51. The molecule has 1 saturated heterocycles. The normalized spacial score (nSPS) is 30.9. The highest BCUT2D eigenvalue weighted by atomic mass is 35.5. The molecule has 0 radical (unpaired) electrons. The number of hydrogen-bond acceptors (Lipinski definition) is 4. The zero-order valence-corrected chi connectivity index (χ0v) is 11.7. The molecule has 6 heteroatoms. The summed E-state index contributed by atoms with van der Waals surface area (Å²) in [6, 6.07) is -0.290. The first-order chi connectivity index (χ1) is 8.33. The van der Waals surface area contributed by atoms with E-state index in [1.807, 2.05) is 13.8 Å². The number of Topliss-reactive ketones (excluding diaryl/α,β-unsaturated/α-hetero) is 1. The molecule has 2 rings (SSSR count). The SMILES string of the molecule is CC(C)OC1OC2(C=C(Cl)C(=O)C(Cl)=C2)C[C@@H]1N. The summed E-state index contributed by atoms with van der Waals surface area (Å²) in [6.45, 7) is 3.80. The van der Waals surface area contributed by atoms with Crippen LogP contribution in [0.25, 0.3) is 0 Å². The molecule has 1 fully saturated rings. The summed E-state index contributed by atoms with van der Waals surface area (Å²) in [5.74, 6) is -0.394. The van der Waals surface area contributed by atoms with Gasteiger partial charge in [0.15, 0.2) is 6.29 Å². The molecule has 1 unspecified atom stereocenters. The monoisotopic (exact) mass is 291 g/mol. The maximum Gasteiger partial charge on any atom is 0.215 e. The molecule has 0 saturated carbocycles. The van der Waals surface area contributed by atoms with Crippen LogP contribution in [0.15, 0.2) is 22.2 Å². The first kappa shape index (κ1) is 14.0. The smallest absolute Gasteiger partial charge is 0.215 e. The molecule has 4 nitrogen and oxygen atoms in total. The van der Waals surface area contributed by atoms with Crippen molar-refractivity contribution in [3.63, 3.8) is 0 Å². The summed E-state index contributed by atoms with van der Waals surface area (Å²) in [4.78, 5) is 11.5. The third-order valence-electron chi connectivity index (χ3n) is 2.82. The Bertz CT molecular complexity index is 409. The second-order valence-electron chi connectivity index (χ2n) is 4.81. The second kappa shape index (κ2) is 4.94. The summed E-state index contributed by atoms with van der Waals surface area (Å²) in [7, 11) is 0. The van der Waals surface area contributed by atoms with E-state index in [9.17, 15) is 4.79 Å². The Morgan fingerprint density at radius 2 is 2.00 bits per heavy atom. The van der Waals surface area contributed by atoms with Gasteiger partial charge in [0, 0.05) is 6.42 Å². The van der Waals surface area contributed by atoms with E-state index in [0.29, 0.717) is 6.42 Å². The van der Waals surface area contributed by atoms with E-state index in [-0.39, 0.29) is 22.2 Å². The minimum Gasteiger partial charge on any atom is -0.348 e. The first-order valence-electron chi connectivity index (χ1n) is 5.73. The molecule has 1 spiro atoms. The third kappa shape index (κ3) is 2.63. The number of halogens is 2. The molecule has 100 valence electrons. The van der Waals surface area contributed by atoms with Crippen LogP contribution in [-0.4, -0.2) is 29.8 Å². The Balaban J connectivity index is 2.22. The minimum atomic E-state index is -0.832. The third-order valence-corrected chi connectivity index (χ3v) is 3.38. The molecule has 2 N–H and O–H groups in total. The minimum absolute atomic E-state index is 0.000301. The highest BCUT2D eigenvalue weighted by Gasteiger charge is 2.46. The average molecular weight is 292 g/mol. The molecule has 18 heavy (non-hydrogen) atoms. The van der Waals surface area contributed by atoms with Gasteiger partial charge in [-0.05, 0) is 26.0 Å². The zero-order valence-electron chi connectivity index (χ0n) is 10.2. The van der Waals surface area contributed by atoms with Crippen molar-refractivity contribution in [1.29, 1.82) is 0 Å². The van der Waals surface area contributed by atoms with E-state index in [1.54, 1.807) is 12.2 Å². The van der Waals surface area contributed by atoms with Crippen LogP contribution in [0.3, 0.4) is 0 Å². The number of allylic oxidation sites excluding steroid dienone is 2. The van der Waals surface area contributed by atoms with E-state index >= 15 is 0 Å². The van der Waals surface area contributed by atoms with Crippen LogP contribution in [0.4, 0.5) is 0 Å². The lowest BCUT2D eigenvalue weighted by atomic mass is 9.92. The van der Waals surface area contributed by atoms with Crippen LogP contribution in [0, 0.1) is 0 Å². The standard InChI is InChI=1S/C12H15Cl2NO3/c1-6(2)17-11-9(15)5-12(18-11)3-7(13)10(16)8(14)4-12/h3-4,6,9,11H,5,15H2,1-2H3/t9-,11?/m0/s1. The van der Waals surface area contributed by atoms with Crippen molar-refractivity contribution in [1.82, 2.24) is 0 Å². The Morgan fingerprint density at radius 1 is 1.44 bits per heavy atom. The molecule has 0 aromatic carbocycles. The van der Waals surface area contributed by atoms with Crippen LogP contribution < -0.4 is 5.73 Å². The highest BCUT2D eigenvalue weighted by Crippen LogP contribution is 2.39. The number of carbonyl (C=O) groups excluding carboxylic acids is 1. The number of hydrogen-bond donors (Lipinski definition) is 1. The number of carbonyl (C=O) groups is 1. The summed E-state index contributed by atoms with van der Waals surface area (Å²) in [5.41, 5.74) is 5.15. The maximum atomic E-state index is 11.5. The van der Waals surface area contributed by atoms with Gasteiger partial charge < -0.3 is 15.2 Å². The van der Waals surface area contributed by atoms with Gasteiger partial charge in [-0.1, -0.05) is 23.2 Å². The zero-order chi connectivity index (χ0) is 13.5. The van der Waals surface area contributed by atoms with E-state index < -0.39 is 17.7 Å². The lowest BCUT2D eigenvalue weighted by molar-refractivity contribution is -0.166. The van der Waals surface area contributed by atoms with Gasteiger partial charge in [-0.2, -0.15) is 0 Å². The van der Waals surface area contributed by atoms with Crippen molar-refractivity contribution in [3.8, 4) is 0 Å². The van der Waals surface area contributed by atoms with Gasteiger partial charge in [0.1, 0.15) is 5.60 Å². The van der Waals surface area contributed by atoms with Crippen molar-refractivity contribution in [2.45, 2.75) is 44.3 Å². The molecular formula is C12H15Cl2NO3. The predicted octanol–water partition coefficient (Wildman–Crippen LogP) is 2.05. The van der Waals surface area contributed by atoms with Crippen LogP contribution in [-0.2, 0) is 14.3 Å². The lowest BCUT2D eigenvalue weighted by Crippen LogP contribution is -2.34. The summed E-state index contributed by atoms with van der Waals surface area (Å²) in [5, 5.41) is 0.111. The number of ether oxygens (including phenoxy) is 2. The summed E-state index contributed by atoms with van der Waals surface area (Å²) >= 11 is 11.7. The van der Waals surface area contributed by atoms with Crippen molar-refractivity contribution in [2.75, 3.05) is 0 Å². The fourth-order valence-electron chi connectivity index (χ4n) is 2.12. The van der Waals surface area contributed by atoms with Gasteiger partial charge in [-0.3, -0.25) is 4.79 Å². The Hall–Kier alpha value is -0.390. The van der Waals surface area contributed by atoms with Crippen LogP contribution >= 0.6 is 23.2 Å². The molecule has 2 atom stereocenters. The number of rotatable bonds is 2. The van der Waals surface area contributed by atoms with Gasteiger partial charge in [0.25, 0.3) is 0 Å². The molecule has 2 aliphatic rings.